The summed E-state index contributed by atoms with van der Waals surface area (Å²) < 4.78 is 1.18. The molecule has 25 heavy (non-hydrogen) atoms. The van der Waals surface area contributed by atoms with E-state index in [2.05, 4.69) is 10.4 Å². The summed E-state index contributed by atoms with van der Waals surface area (Å²) in [6.07, 6.45) is 2.04. The van der Waals surface area contributed by atoms with Gasteiger partial charge < -0.3 is 5.32 Å². The number of benzene rings is 2. The number of amides is 1. The van der Waals surface area contributed by atoms with Gasteiger partial charge in [0.1, 0.15) is 0 Å². The first-order valence-corrected chi connectivity index (χ1v) is 8.97. The molecule has 2 aromatic carbocycles. The fourth-order valence-electron chi connectivity index (χ4n) is 2.54. The molecule has 0 spiro atoms. The number of thioether (sulfide) groups is 1. The zero-order chi connectivity index (χ0) is 17.8. The normalized spacial score (nSPS) is 10.8. The van der Waals surface area contributed by atoms with Crippen molar-refractivity contribution in [1.82, 2.24) is 9.78 Å². The van der Waals surface area contributed by atoms with Crippen LogP contribution in [-0.2, 0) is 11.3 Å². The summed E-state index contributed by atoms with van der Waals surface area (Å²) in [7, 11) is 0. The Hall–Kier alpha value is -2.80. The van der Waals surface area contributed by atoms with Crippen molar-refractivity contribution >= 4 is 34.1 Å². The van der Waals surface area contributed by atoms with E-state index in [1.54, 1.807) is 36.0 Å². The van der Waals surface area contributed by atoms with Gasteiger partial charge in [0.25, 0.3) is 11.1 Å². The minimum absolute atomic E-state index is 0.0810. The van der Waals surface area contributed by atoms with Gasteiger partial charge in [0.2, 0.25) is 5.91 Å². The second-order valence-electron chi connectivity index (χ2n) is 5.47. The van der Waals surface area contributed by atoms with Crippen LogP contribution < -0.4 is 16.4 Å². The number of aryl methyl sites for hydroxylation is 1. The molecule has 1 aromatic heterocycles. The largest absolute Gasteiger partial charge is 0.326 e. The molecule has 0 saturated carbocycles. The number of carbonyl (C=O) groups excluding carboxylic acids is 1. The number of hydrogen-bond donors (Lipinski definition) is 2. The molecule has 0 aliphatic heterocycles. The third-order valence-electron chi connectivity index (χ3n) is 3.80. The number of aromatic nitrogens is 2. The molecule has 0 unspecified atom stereocenters. The summed E-state index contributed by atoms with van der Waals surface area (Å²) in [5, 5.41) is 6.02. The van der Waals surface area contributed by atoms with Crippen LogP contribution in [0.15, 0.2) is 63.0 Å². The maximum Gasteiger partial charge on any atom is 0.273 e. The highest BCUT2D eigenvalue weighted by Crippen LogP contribution is 2.19. The van der Waals surface area contributed by atoms with E-state index >= 15 is 0 Å². The average molecular weight is 355 g/mol. The quantitative estimate of drug-likeness (QED) is 0.689. The number of nitrogens with one attached hydrogen (secondary N) is 2. The molecular formula is C18H17N3O3S. The molecule has 6 nitrogen and oxygen atoms in total. The molecule has 1 heterocycles. The number of anilines is 1. The van der Waals surface area contributed by atoms with Gasteiger partial charge in [-0.25, -0.2) is 4.68 Å². The summed E-state index contributed by atoms with van der Waals surface area (Å²) in [4.78, 5) is 37.6. The zero-order valence-electron chi connectivity index (χ0n) is 13.6. The SMILES string of the molecule is CSc1cccc(NC(=O)CCn2[nH]c(=O)c3ccccc3c2=O)c1. The van der Waals surface area contributed by atoms with E-state index in [1.807, 2.05) is 30.5 Å². The first kappa shape index (κ1) is 17.0. The highest BCUT2D eigenvalue weighted by atomic mass is 32.2. The molecule has 3 rings (SSSR count). The second-order valence-corrected chi connectivity index (χ2v) is 6.35. The van der Waals surface area contributed by atoms with Gasteiger partial charge >= 0.3 is 0 Å². The molecule has 128 valence electrons. The molecule has 0 fully saturated rings. The van der Waals surface area contributed by atoms with Crippen molar-refractivity contribution in [3.8, 4) is 0 Å². The van der Waals surface area contributed by atoms with Crippen molar-refractivity contribution in [3.05, 3.63) is 69.2 Å². The van der Waals surface area contributed by atoms with E-state index in [0.29, 0.717) is 16.5 Å². The first-order valence-electron chi connectivity index (χ1n) is 7.74. The van der Waals surface area contributed by atoms with E-state index in [9.17, 15) is 14.4 Å². The molecule has 0 aliphatic carbocycles. The number of nitrogens with zero attached hydrogens (tertiary/aromatic N) is 1. The molecule has 0 bridgehead atoms. The lowest BCUT2D eigenvalue weighted by Gasteiger charge is -2.09. The van der Waals surface area contributed by atoms with Gasteiger partial charge in [0, 0.05) is 17.0 Å². The van der Waals surface area contributed by atoms with Gasteiger partial charge in [-0.3, -0.25) is 19.5 Å². The van der Waals surface area contributed by atoms with E-state index < -0.39 is 0 Å². The fourth-order valence-corrected chi connectivity index (χ4v) is 3.00. The van der Waals surface area contributed by atoms with Crippen molar-refractivity contribution in [2.24, 2.45) is 0 Å². The Morgan fingerprint density at radius 3 is 2.64 bits per heavy atom. The Morgan fingerprint density at radius 2 is 1.88 bits per heavy atom. The molecule has 3 aromatic rings. The van der Waals surface area contributed by atoms with Crippen LogP contribution in [0, 0.1) is 0 Å². The predicted molar refractivity (Wildman–Crippen MR) is 100 cm³/mol. The molecule has 0 aliphatic rings. The fraction of sp³-hybridized carbons (Fsp3) is 0.167. The van der Waals surface area contributed by atoms with Gasteiger partial charge in [0.15, 0.2) is 0 Å². The maximum atomic E-state index is 12.4. The van der Waals surface area contributed by atoms with Crippen LogP contribution in [0.5, 0.6) is 0 Å². The molecule has 0 atom stereocenters. The molecule has 2 N–H and O–H groups in total. The Bertz CT molecular complexity index is 1040. The van der Waals surface area contributed by atoms with Crippen LogP contribution in [0.2, 0.25) is 0 Å². The molecule has 1 amide bonds. The lowest BCUT2D eigenvalue weighted by molar-refractivity contribution is -0.116. The van der Waals surface area contributed by atoms with Crippen LogP contribution >= 0.6 is 11.8 Å². The number of hydrogen-bond acceptors (Lipinski definition) is 4. The van der Waals surface area contributed by atoms with Gasteiger partial charge in [-0.1, -0.05) is 18.2 Å². The van der Waals surface area contributed by atoms with E-state index in [0.717, 1.165) is 4.90 Å². The van der Waals surface area contributed by atoms with Crippen molar-refractivity contribution in [1.29, 1.82) is 0 Å². The summed E-state index contributed by atoms with van der Waals surface area (Å²) in [6.45, 7) is 0.104. The van der Waals surface area contributed by atoms with E-state index in [4.69, 9.17) is 0 Å². The van der Waals surface area contributed by atoms with Gasteiger partial charge in [-0.05, 0) is 36.6 Å². The number of rotatable bonds is 5. The highest BCUT2D eigenvalue weighted by molar-refractivity contribution is 7.98. The van der Waals surface area contributed by atoms with Crippen LogP contribution in [0.4, 0.5) is 5.69 Å². The monoisotopic (exact) mass is 355 g/mol. The predicted octanol–water partition coefficient (Wildman–Crippen LogP) is 2.44. The number of carbonyl (C=O) groups is 1. The summed E-state index contributed by atoms with van der Waals surface area (Å²) in [6, 6.07) is 14.1. The highest BCUT2D eigenvalue weighted by Gasteiger charge is 2.09. The Morgan fingerprint density at radius 1 is 1.12 bits per heavy atom. The maximum absolute atomic E-state index is 12.4. The Kier molecular flexibility index (Phi) is 5.04. The lowest BCUT2D eigenvalue weighted by Crippen LogP contribution is -2.31. The second kappa shape index (κ2) is 7.40. The first-order chi connectivity index (χ1) is 12.1. The van der Waals surface area contributed by atoms with Gasteiger partial charge in [-0.15, -0.1) is 11.8 Å². The Balaban J connectivity index is 1.74. The molecule has 0 saturated heterocycles. The number of aromatic amines is 1. The van der Waals surface area contributed by atoms with Crippen LogP contribution in [-0.4, -0.2) is 21.9 Å². The van der Waals surface area contributed by atoms with Crippen molar-refractivity contribution in [3.63, 3.8) is 0 Å². The minimum atomic E-state index is -0.344. The number of H-pyrrole nitrogens is 1. The van der Waals surface area contributed by atoms with E-state index in [1.165, 1.54) is 4.68 Å². The van der Waals surface area contributed by atoms with Gasteiger partial charge in [0.05, 0.1) is 17.3 Å². The van der Waals surface area contributed by atoms with E-state index in [-0.39, 0.29) is 30.0 Å². The summed E-state index contributed by atoms with van der Waals surface area (Å²) in [5.41, 5.74) is 0.0480. The standard InChI is InChI=1S/C18H17N3O3S/c1-25-13-6-4-5-12(11-13)19-16(22)9-10-21-18(24)15-8-3-2-7-14(15)17(23)20-21/h2-8,11H,9-10H2,1H3,(H,19,22)(H,20,23). The summed E-state index contributed by atoms with van der Waals surface area (Å²) >= 11 is 1.59. The van der Waals surface area contributed by atoms with Crippen LogP contribution in [0.3, 0.4) is 0 Å². The molecular weight excluding hydrogens is 338 g/mol. The third kappa shape index (κ3) is 3.83. The lowest BCUT2D eigenvalue weighted by atomic mass is 10.2. The Labute approximate surface area is 147 Å². The van der Waals surface area contributed by atoms with Gasteiger partial charge in [-0.2, -0.15) is 0 Å². The van der Waals surface area contributed by atoms with Crippen molar-refractivity contribution in [2.45, 2.75) is 17.9 Å². The third-order valence-corrected chi connectivity index (χ3v) is 4.53. The van der Waals surface area contributed by atoms with Crippen LogP contribution in [0.25, 0.3) is 10.8 Å². The average Bonchev–Trinajstić information content (AvgIpc) is 2.63. The minimum Gasteiger partial charge on any atom is -0.326 e. The van der Waals surface area contributed by atoms with Crippen molar-refractivity contribution in [2.75, 3.05) is 11.6 Å². The van der Waals surface area contributed by atoms with Crippen molar-refractivity contribution < 1.29 is 4.79 Å². The topological polar surface area (TPSA) is 84.0 Å². The smallest absolute Gasteiger partial charge is 0.273 e. The number of fused-ring (bicyclic) bond motifs is 1. The molecule has 7 heteroatoms. The zero-order valence-corrected chi connectivity index (χ0v) is 14.4. The van der Waals surface area contributed by atoms with Crippen LogP contribution in [0.1, 0.15) is 6.42 Å². The molecule has 0 radical (unpaired) electrons. The summed E-state index contributed by atoms with van der Waals surface area (Å²) in [5.74, 6) is -0.223.